The molecule has 0 fully saturated rings. The van der Waals surface area contributed by atoms with Crippen molar-refractivity contribution in [3.05, 3.63) is 46.6 Å². The van der Waals surface area contributed by atoms with Gasteiger partial charge in [-0.3, -0.25) is 0 Å². The van der Waals surface area contributed by atoms with Crippen molar-refractivity contribution in [3.8, 4) is 23.8 Å². The van der Waals surface area contributed by atoms with Crippen molar-refractivity contribution in [2.75, 3.05) is 19.8 Å². The minimum Gasteiger partial charge on any atom is -0.490 e. The van der Waals surface area contributed by atoms with Gasteiger partial charge in [0.25, 0.3) is 0 Å². The Labute approximate surface area is 169 Å². The van der Waals surface area contributed by atoms with Gasteiger partial charge in [0.05, 0.1) is 30.5 Å². The number of rotatable bonds is 7. The summed E-state index contributed by atoms with van der Waals surface area (Å²) in [7, 11) is 0. The Balaban J connectivity index is 2.06. The van der Waals surface area contributed by atoms with Crippen molar-refractivity contribution in [1.29, 1.82) is 0 Å². The van der Waals surface area contributed by atoms with Crippen LogP contribution >= 0.6 is 11.8 Å². The topological polar surface area (TPSA) is 60.4 Å². The summed E-state index contributed by atoms with van der Waals surface area (Å²) in [6.07, 6.45) is 7.22. The Hall–Kier alpha value is -2.85. The number of carbonyl (C=O) groups excluding carboxylic acids is 1. The molecule has 0 unspecified atom stereocenters. The van der Waals surface area contributed by atoms with Gasteiger partial charge in [-0.25, -0.2) is 9.79 Å². The number of thioether (sulfide) groups is 1. The Morgan fingerprint density at radius 3 is 2.82 bits per heavy atom. The lowest BCUT2D eigenvalue weighted by molar-refractivity contribution is -0.139. The van der Waals surface area contributed by atoms with Crippen molar-refractivity contribution in [3.63, 3.8) is 0 Å². The van der Waals surface area contributed by atoms with E-state index in [1.807, 2.05) is 48.6 Å². The van der Waals surface area contributed by atoms with E-state index in [0.717, 1.165) is 10.7 Å². The molecule has 146 valence electrons. The lowest BCUT2D eigenvalue weighted by Crippen LogP contribution is -2.34. The average molecular weight is 398 g/mol. The average Bonchev–Trinajstić information content (AvgIpc) is 3.14. The molecule has 1 aromatic rings. The molecule has 28 heavy (non-hydrogen) atoms. The third kappa shape index (κ3) is 3.87. The molecule has 0 N–H and O–H groups in total. The smallest absolute Gasteiger partial charge is 0.338 e. The molecule has 0 bridgehead atoms. The fourth-order valence-electron chi connectivity index (χ4n) is 3.10. The Bertz CT molecular complexity index is 898. The zero-order valence-corrected chi connectivity index (χ0v) is 16.9. The number of benzene rings is 1. The number of allylic oxidation sites excluding steroid dienone is 1. The molecule has 0 amide bonds. The molecule has 0 aromatic heterocycles. The van der Waals surface area contributed by atoms with Crippen molar-refractivity contribution in [2.45, 2.75) is 26.8 Å². The molecular formula is C21H22N2O4S. The standard InChI is InChI=1S/C21H22N2O4S/c1-5-11-27-16-9-8-15(13-17(16)25-6-2)19-18(20(24)26-7-3)14(4)22-21-23(19)10-12-28-21/h1,8-10,12-13,19H,6-7,11H2,2-4H3/t19-/m0/s1. The highest BCUT2D eigenvalue weighted by Crippen LogP contribution is 2.43. The van der Waals surface area contributed by atoms with Crippen molar-refractivity contribution >= 4 is 22.9 Å². The van der Waals surface area contributed by atoms with Crippen molar-refractivity contribution < 1.29 is 19.0 Å². The van der Waals surface area contributed by atoms with Crippen LogP contribution in [0.3, 0.4) is 0 Å². The molecular weight excluding hydrogens is 376 g/mol. The Kier molecular flexibility index (Phi) is 6.32. The first-order valence-corrected chi connectivity index (χ1v) is 9.89. The van der Waals surface area contributed by atoms with Crippen LogP contribution in [0.4, 0.5) is 0 Å². The zero-order chi connectivity index (χ0) is 20.1. The number of esters is 1. The minimum atomic E-state index is -0.372. The van der Waals surface area contributed by atoms with E-state index in [4.69, 9.17) is 20.6 Å². The normalized spacial score (nSPS) is 17.7. The number of hydrogen-bond donors (Lipinski definition) is 0. The number of terminal acetylenes is 1. The van der Waals surface area contributed by atoms with Crippen LogP contribution in [0.25, 0.3) is 0 Å². The first-order chi connectivity index (χ1) is 13.6. The van der Waals surface area contributed by atoms with Crippen LogP contribution in [0.2, 0.25) is 0 Å². The summed E-state index contributed by atoms with van der Waals surface area (Å²) in [5.74, 6) is 3.23. The summed E-state index contributed by atoms with van der Waals surface area (Å²) in [4.78, 5) is 19.2. The maximum atomic E-state index is 12.7. The van der Waals surface area contributed by atoms with Crippen LogP contribution in [0.15, 0.2) is 46.1 Å². The van der Waals surface area contributed by atoms with E-state index in [-0.39, 0.29) is 18.6 Å². The van der Waals surface area contributed by atoms with Gasteiger partial charge >= 0.3 is 5.97 Å². The Morgan fingerprint density at radius 1 is 1.29 bits per heavy atom. The van der Waals surface area contributed by atoms with Crippen LogP contribution in [-0.4, -0.2) is 35.9 Å². The van der Waals surface area contributed by atoms with Gasteiger partial charge in [0, 0.05) is 6.20 Å². The van der Waals surface area contributed by atoms with Crippen LogP contribution in [-0.2, 0) is 9.53 Å². The summed E-state index contributed by atoms with van der Waals surface area (Å²) in [5, 5.41) is 2.77. The lowest BCUT2D eigenvalue weighted by Gasteiger charge is -2.33. The monoisotopic (exact) mass is 398 g/mol. The molecule has 0 aliphatic carbocycles. The fourth-order valence-corrected chi connectivity index (χ4v) is 3.89. The lowest BCUT2D eigenvalue weighted by atomic mass is 9.94. The molecule has 2 aliphatic heterocycles. The fraction of sp³-hybridized carbons (Fsp3) is 0.333. The molecule has 0 spiro atoms. The van der Waals surface area contributed by atoms with Gasteiger partial charge in [0.1, 0.15) is 6.61 Å². The highest BCUT2D eigenvalue weighted by molar-refractivity contribution is 8.16. The molecule has 6 nitrogen and oxygen atoms in total. The van der Waals surface area contributed by atoms with Crippen LogP contribution in [0.1, 0.15) is 32.4 Å². The molecule has 1 aromatic carbocycles. The van der Waals surface area contributed by atoms with Crippen molar-refractivity contribution in [2.24, 2.45) is 4.99 Å². The summed E-state index contributed by atoms with van der Waals surface area (Å²) < 4.78 is 16.6. The van der Waals surface area contributed by atoms with E-state index in [2.05, 4.69) is 10.9 Å². The quantitative estimate of drug-likeness (QED) is 0.513. The zero-order valence-electron chi connectivity index (χ0n) is 16.1. The second-order valence-corrected chi connectivity index (χ2v) is 6.83. The summed E-state index contributed by atoms with van der Waals surface area (Å²) in [5.41, 5.74) is 2.03. The maximum absolute atomic E-state index is 12.7. The first-order valence-electron chi connectivity index (χ1n) is 9.01. The van der Waals surface area contributed by atoms with Gasteiger partial charge in [0.2, 0.25) is 0 Å². The molecule has 0 radical (unpaired) electrons. The van der Waals surface area contributed by atoms with Gasteiger partial charge in [-0.1, -0.05) is 23.7 Å². The van der Waals surface area contributed by atoms with E-state index in [1.165, 1.54) is 11.8 Å². The van der Waals surface area contributed by atoms with E-state index in [0.29, 0.717) is 36.0 Å². The van der Waals surface area contributed by atoms with Gasteiger partial charge in [-0.15, -0.1) is 6.42 Å². The predicted octanol–water partition coefficient (Wildman–Crippen LogP) is 3.87. The number of hydrogen-bond acceptors (Lipinski definition) is 7. The van der Waals surface area contributed by atoms with E-state index in [9.17, 15) is 4.79 Å². The van der Waals surface area contributed by atoms with E-state index >= 15 is 0 Å². The second kappa shape index (κ2) is 8.89. The Morgan fingerprint density at radius 2 is 2.11 bits per heavy atom. The van der Waals surface area contributed by atoms with Gasteiger partial charge in [-0.2, -0.15) is 0 Å². The van der Waals surface area contributed by atoms with Crippen LogP contribution in [0.5, 0.6) is 11.5 Å². The van der Waals surface area contributed by atoms with E-state index < -0.39 is 0 Å². The molecule has 7 heteroatoms. The third-order valence-electron chi connectivity index (χ3n) is 4.21. The third-order valence-corrected chi connectivity index (χ3v) is 4.98. The van der Waals surface area contributed by atoms with Crippen molar-refractivity contribution in [1.82, 2.24) is 4.90 Å². The van der Waals surface area contributed by atoms with E-state index in [1.54, 1.807) is 6.92 Å². The van der Waals surface area contributed by atoms with Gasteiger partial charge in [-0.05, 0) is 43.9 Å². The maximum Gasteiger partial charge on any atom is 0.338 e. The molecule has 2 aliphatic rings. The van der Waals surface area contributed by atoms with Crippen LogP contribution < -0.4 is 9.47 Å². The minimum absolute atomic E-state index is 0.151. The number of amidine groups is 1. The predicted molar refractivity (Wildman–Crippen MR) is 110 cm³/mol. The molecule has 1 atom stereocenters. The van der Waals surface area contributed by atoms with Crippen LogP contribution in [0, 0.1) is 12.3 Å². The largest absolute Gasteiger partial charge is 0.490 e. The molecule has 0 saturated carbocycles. The first kappa shape index (κ1) is 19.9. The highest BCUT2D eigenvalue weighted by atomic mass is 32.2. The molecule has 0 saturated heterocycles. The second-order valence-electron chi connectivity index (χ2n) is 5.96. The molecule has 3 rings (SSSR count). The highest BCUT2D eigenvalue weighted by Gasteiger charge is 2.37. The van der Waals surface area contributed by atoms with Gasteiger partial charge < -0.3 is 19.1 Å². The van der Waals surface area contributed by atoms with Gasteiger partial charge in [0.15, 0.2) is 16.7 Å². The summed E-state index contributed by atoms with van der Waals surface area (Å²) >= 11 is 1.52. The number of fused-ring (bicyclic) bond motifs is 1. The number of nitrogens with zero attached hydrogens (tertiary/aromatic N) is 2. The number of carbonyl (C=O) groups is 1. The SMILES string of the molecule is C#CCOc1ccc([C@H]2C(C(=O)OCC)=C(C)N=C3SC=CN32)cc1OCC. The number of aliphatic imine (C=N–C) groups is 1. The number of ether oxygens (including phenoxy) is 3. The summed E-state index contributed by atoms with van der Waals surface area (Å²) in [6, 6.07) is 5.24. The molecule has 2 heterocycles. The summed E-state index contributed by atoms with van der Waals surface area (Å²) in [6.45, 7) is 6.45.